The first-order valence-electron chi connectivity index (χ1n) is 7.36. The zero-order valence-electron chi connectivity index (χ0n) is 13.0. The zero-order chi connectivity index (χ0) is 16.2. The van der Waals surface area contributed by atoms with Crippen LogP contribution in [0.4, 0.5) is 8.78 Å². The van der Waals surface area contributed by atoms with E-state index >= 15 is 0 Å². The molecule has 1 heterocycles. The number of esters is 1. The van der Waals surface area contributed by atoms with Crippen LogP contribution in [0.3, 0.4) is 0 Å². The molecule has 1 atom stereocenters. The molecule has 1 aliphatic rings. The molecule has 0 spiro atoms. The summed E-state index contributed by atoms with van der Waals surface area (Å²) in [7, 11) is 1.34. The highest BCUT2D eigenvalue weighted by atomic mass is 19.2. The number of rotatable bonds is 6. The van der Waals surface area contributed by atoms with Crippen molar-refractivity contribution in [2.24, 2.45) is 5.41 Å². The van der Waals surface area contributed by atoms with Crippen molar-refractivity contribution in [1.29, 1.82) is 0 Å². The molecule has 1 aliphatic heterocycles. The molecule has 0 radical (unpaired) electrons. The Bertz CT molecular complexity index is 531. The number of ether oxygens (including phenoxy) is 1. The summed E-state index contributed by atoms with van der Waals surface area (Å²) in [5, 5.41) is 3.31. The Kier molecular flexibility index (Phi) is 5.47. The molecule has 1 unspecified atom stereocenters. The Hall–Kier alpha value is -1.53. The summed E-state index contributed by atoms with van der Waals surface area (Å²) >= 11 is 0. The molecule has 6 heteroatoms. The molecule has 1 aromatic carbocycles. The minimum Gasteiger partial charge on any atom is -0.468 e. The third kappa shape index (κ3) is 4.48. The molecule has 4 nitrogen and oxygen atoms in total. The summed E-state index contributed by atoms with van der Waals surface area (Å²) in [5.41, 5.74) is 0.699. The molecule has 22 heavy (non-hydrogen) atoms. The second-order valence-electron chi connectivity index (χ2n) is 6.21. The maximum Gasteiger partial charge on any atom is 0.319 e. The predicted octanol–water partition coefficient (Wildman–Crippen LogP) is 1.94. The van der Waals surface area contributed by atoms with Crippen molar-refractivity contribution < 1.29 is 18.3 Å². The largest absolute Gasteiger partial charge is 0.468 e. The normalized spacial score (nSPS) is 21.3. The molecule has 122 valence electrons. The molecule has 1 fully saturated rings. The highest BCUT2D eigenvalue weighted by molar-refractivity contribution is 5.71. The van der Waals surface area contributed by atoms with Gasteiger partial charge in [-0.15, -0.1) is 0 Å². The van der Waals surface area contributed by atoms with Gasteiger partial charge in [-0.05, 0) is 36.1 Å². The predicted molar refractivity (Wildman–Crippen MR) is 79.2 cm³/mol. The Balaban J connectivity index is 2.09. The maximum atomic E-state index is 13.3. The van der Waals surface area contributed by atoms with E-state index in [1.807, 2.05) is 4.90 Å². The molecule has 1 saturated heterocycles. The summed E-state index contributed by atoms with van der Waals surface area (Å²) in [5.74, 6) is -2.07. The maximum absolute atomic E-state index is 13.3. The third-order valence-electron chi connectivity index (χ3n) is 4.03. The molecule has 1 aromatic rings. The van der Waals surface area contributed by atoms with E-state index in [1.54, 1.807) is 0 Å². The number of hydrogen-bond donors (Lipinski definition) is 1. The van der Waals surface area contributed by atoms with E-state index in [0.29, 0.717) is 18.7 Å². The van der Waals surface area contributed by atoms with Crippen molar-refractivity contribution in [3.63, 3.8) is 0 Å². The Labute approximate surface area is 129 Å². The van der Waals surface area contributed by atoms with Crippen LogP contribution in [-0.4, -0.2) is 44.2 Å². The van der Waals surface area contributed by atoms with E-state index in [1.165, 1.54) is 19.2 Å². The van der Waals surface area contributed by atoms with E-state index in [-0.39, 0.29) is 17.9 Å². The van der Waals surface area contributed by atoms with Crippen LogP contribution < -0.4 is 5.32 Å². The second kappa shape index (κ2) is 7.15. The first-order chi connectivity index (χ1) is 10.4. The van der Waals surface area contributed by atoms with Crippen LogP contribution in [0.5, 0.6) is 0 Å². The molecule has 0 amide bonds. The van der Waals surface area contributed by atoms with Gasteiger partial charge in [0.25, 0.3) is 0 Å². The average molecular weight is 312 g/mol. The van der Waals surface area contributed by atoms with Crippen LogP contribution >= 0.6 is 0 Å². The standard InChI is InChI=1S/C16H22F2N2O2/c1-16(5-6-19-10-16)11-20(9-15(21)22-2)8-12-3-4-13(17)14(18)7-12/h3-4,7,19H,5-6,8-11H2,1-2H3. The van der Waals surface area contributed by atoms with Crippen molar-refractivity contribution in [3.05, 3.63) is 35.4 Å². The first-order valence-corrected chi connectivity index (χ1v) is 7.36. The second-order valence-corrected chi connectivity index (χ2v) is 6.21. The SMILES string of the molecule is COC(=O)CN(Cc1ccc(F)c(F)c1)CC1(C)CCNC1. The molecule has 0 bridgehead atoms. The third-order valence-corrected chi connectivity index (χ3v) is 4.03. The minimum atomic E-state index is -0.871. The van der Waals surface area contributed by atoms with Crippen LogP contribution in [0, 0.1) is 17.0 Å². The van der Waals surface area contributed by atoms with Gasteiger partial charge >= 0.3 is 5.97 Å². The van der Waals surface area contributed by atoms with Crippen LogP contribution in [0.2, 0.25) is 0 Å². The number of hydrogen-bond acceptors (Lipinski definition) is 4. The number of halogens is 2. The van der Waals surface area contributed by atoms with Gasteiger partial charge in [0.2, 0.25) is 0 Å². The summed E-state index contributed by atoms with van der Waals surface area (Å²) in [6.45, 7) is 5.18. The molecule has 0 aromatic heterocycles. The number of carbonyl (C=O) groups excluding carboxylic acids is 1. The monoisotopic (exact) mass is 312 g/mol. The van der Waals surface area contributed by atoms with Crippen LogP contribution in [0.25, 0.3) is 0 Å². The summed E-state index contributed by atoms with van der Waals surface area (Å²) in [6, 6.07) is 3.83. The fraction of sp³-hybridized carbons (Fsp3) is 0.562. The van der Waals surface area contributed by atoms with Crippen molar-refractivity contribution in [3.8, 4) is 0 Å². The fourth-order valence-corrected chi connectivity index (χ4v) is 2.85. The van der Waals surface area contributed by atoms with Crippen LogP contribution in [0.1, 0.15) is 18.9 Å². The van der Waals surface area contributed by atoms with Gasteiger partial charge in [0, 0.05) is 19.6 Å². The average Bonchev–Trinajstić information content (AvgIpc) is 2.89. The fourth-order valence-electron chi connectivity index (χ4n) is 2.85. The van der Waals surface area contributed by atoms with E-state index in [4.69, 9.17) is 4.74 Å². The molecular weight excluding hydrogens is 290 g/mol. The van der Waals surface area contributed by atoms with Gasteiger partial charge in [-0.1, -0.05) is 13.0 Å². The topological polar surface area (TPSA) is 41.6 Å². The number of methoxy groups -OCH3 is 1. The van der Waals surface area contributed by atoms with E-state index in [0.717, 1.165) is 25.6 Å². The summed E-state index contributed by atoms with van der Waals surface area (Å²) in [4.78, 5) is 13.5. The number of nitrogens with zero attached hydrogens (tertiary/aromatic N) is 1. The lowest BCUT2D eigenvalue weighted by atomic mass is 9.89. The quantitative estimate of drug-likeness (QED) is 0.815. The minimum absolute atomic E-state index is 0.0621. The van der Waals surface area contributed by atoms with Gasteiger partial charge in [0.05, 0.1) is 13.7 Å². The highest BCUT2D eigenvalue weighted by Crippen LogP contribution is 2.26. The highest BCUT2D eigenvalue weighted by Gasteiger charge is 2.31. The molecular formula is C16H22F2N2O2. The van der Waals surface area contributed by atoms with Gasteiger partial charge < -0.3 is 10.1 Å². The van der Waals surface area contributed by atoms with Crippen molar-refractivity contribution in [2.45, 2.75) is 19.9 Å². The van der Waals surface area contributed by atoms with Crippen molar-refractivity contribution in [2.75, 3.05) is 33.3 Å². The van der Waals surface area contributed by atoms with E-state index < -0.39 is 11.6 Å². The molecule has 0 saturated carbocycles. The Morgan fingerprint density at radius 1 is 1.41 bits per heavy atom. The lowest BCUT2D eigenvalue weighted by molar-refractivity contribution is -0.142. The summed E-state index contributed by atoms with van der Waals surface area (Å²) in [6.07, 6.45) is 1.02. The van der Waals surface area contributed by atoms with Gasteiger partial charge in [-0.25, -0.2) is 8.78 Å². The van der Waals surface area contributed by atoms with Gasteiger partial charge in [-0.3, -0.25) is 9.69 Å². The van der Waals surface area contributed by atoms with Crippen molar-refractivity contribution >= 4 is 5.97 Å². The first kappa shape index (κ1) is 16.8. The van der Waals surface area contributed by atoms with Gasteiger partial charge in [0.1, 0.15) is 0 Å². The number of benzene rings is 1. The lowest BCUT2D eigenvalue weighted by Gasteiger charge is -2.31. The summed E-state index contributed by atoms with van der Waals surface area (Å²) < 4.78 is 31.1. The molecule has 1 N–H and O–H groups in total. The van der Waals surface area contributed by atoms with Crippen molar-refractivity contribution in [1.82, 2.24) is 10.2 Å². The molecule has 0 aliphatic carbocycles. The van der Waals surface area contributed by atoms with Crippen LogP contribution in [-0.2, 0) is 16.1 Å². The van der Waals surface area contributed by atoms with E-state index in [9.17, 15) is 13.6 Å². The Morgan fingerprint density at radius 3 is 2.77 bits per heavy atom. The Morgan fingerprint density at radius 2 is 2.18 bits per heavy atom. The zero-order valence-corrected chi connectivity index (χ0v) is 13.0. The lowest BCUT2D eigenvalue weighted by Crippen LogP contribution is -2.40. The van der Waals surface area contributed by atoms with Crippen LogP contribution in [0.15, 0.2) is 18.2 Å². The van der Waals surface area contributed by atoms with Gasteiger partial charge in [-0.2, -0.15) is 0 Å². The smallest absolute Gasteiger partial charge is 0.319 e. The number of nitrogens with one attached hydrogen (secondary N) is 1. The number of carbonyl (C=O) groups is 1. The molecule has 2 rings (SSSR count). The van der Waals surface area contributed by atoms with E-state index in [2.05, 4.69) is 12.2 Å². The van der Waals surface area contributed by atoms with Gasteiger partial charge in [0.15, 0.2) is 11.6 Å².